The first-order valence-electron chi connectivity index (χ1n) is 9.76. The van der Waals surface area contributed by atoms with Crippen LogP contribution in [-0.2, 0) is 4.79 Å². The van der Waals surface area contributed by atoms with E-state index in [1.54, 1.807) is 32.0 Å². The topological polar surface area (TPSA) is 97.0 Å². The highest BCUT2D eigenvalue weighted by Gasteiger charge is 2.31. The van der Waals surface area contributed by atoms with Crippen LogP contribution >= 0.6 is 0 Å². The van der Waals surface area contributed by atoms with E-state index in [1.165, 1.54) is 0 Å². The molecule has 3 amide bonds. The van der Waals surface area contributed by atoms with Gasteiger partial charge >= 0.3 is 6.03 Å². The van der Waals surface area contributed by atoms with E-state index < -0.39 is 12.1 Å². The van der Waals surface area contributed by atoms with Crippen LogP contribution in [0.2, 0.25) is 0 Å². The minimum absolute atomic E-state index is 0.0857. The van der Waals surface area contributed by atoms with E-state index in [4.69, 9.17) is 9.47 Å². The van der Waals surface area contributed by atoms with Crippen LogP contribution in [0.5, 0.6) is 11.5 Å². The number of ether oxygens (including phenoxy) is 2. The van der Waals surface area contributed by atoms with Gasteiger partial charge in [0.25, 0.3) is 0 Å². The van der Waals surface area contributed by atoms with Gasteiger partial charge in [0.15, 0.2) is 17.3 Å². The third kappa shape index (κ3) is 4.62. The molecule has 0 aromatic heterocycles. The van der Waals surface area contributed by atoms with Crippen LogP contribution in [0.25, 0.3) is 0 Å². The lowest BCUT2D eigenvalue weighted by molar-refractivity contribution is -0.125. The first-order valence-corrected chi connectivity index (χ1v) is 9.76. The number of fused-ring (bicyclic) bond motifs is 1. The summed E-state index contributed by atoms with van der Waals surface area (Å²) in [5.41, 5.74) is 0.629. The Bertz CT molecular complexity index is 743. The van der Waals surface area contributed by atoms with Crippen LogP contribution in [0, 0.1) is 5.92 Å². The number of nitrogens with one attached hydrogen (secondary N) is 2. The van der Waals surface area contributed by atoms with Gasteiger partial charge < -0.3 is 14.8 Å². The molecule has 8 nitrogen and oxygen atoms in total. The van der Waals surface area contributed by atoms with Crippen molar-refractivity contribution < 1.29 is 23.9 Å². The number of ketones is 1. The summed E-state index contributed by atoms with van der Waals surface area (Å²) in [6, 6.07) is 4.41. The number of rotatable bonds is 5. The molecule has 0 spiro atoms. The number of Topliss-reactive ketones (excluding diaryl/α,β-unsaturated/α-hetero) is 1. The Morgan fingerprint density at radius 2 is 1.82 bits per heavy atom. The van der Waals surface area contributed by atoms with E-state index in [1.807, 2.05) is 4.90 Å². The molecule has 2 aliphatic heterocycles. The van der Waals surface area contributed by atoms with E-state index in [-0.39, 0.29) is 17.6 Å². The lowest BCUT2D eigenvalue weighted by atomic mass is 9.88. The molecule has 2 heterocycles. The van der Waals surface area contributed by atoms with E-state index in [2.05, 4.69) is 10.6 Å². The summed E-state index contributed by atoms with van der Waals surface area (Å²) < 4.78 is 11.1. The summed E-state index contributed by atoms with van der Waals surface area (Å²) in [7, 11) is 0. The molecule has 2 aliphatic rings. The number of likely N-dealkylation sites (tertiary alicyclic amines) is 1. The quantitative estimate of drug-likeness (QED) is 0.743. The number of urea groups is 1. The zero-order chi connectivity index (χ0) is 20.1. The largest absolute Gasteiger partial charge is 0.486 e. The number of hydrogen-bond acceptors (Lipinski definition) is 6. The van der Waals surface area contributed by atoms with Gasteiger partial charge in [0.1, 0.15) is 13.2 Å². The Labute approximate surface area is 164 Å². The second-order valence-electron chi connectivity index (χ2n) is 7.06. The van der Waals surface area contributed by atoms with Gasteiger partial charge in [-0.3, -0.25) is 19.8 Å². The molecule has 0 saturated carbocycles. The van der Waals surface area contributed by atoms with Crippen molar-refractivity contribution in [3.8, 4) is 11.5 Å². The second-order valence-corrected chi connectivity index (χ2v) is 7.06. The molecule has 28 heavy (non-hydrogen) atoms. The summed E-state index contributed by atoms with van der Waals surface area (Å²) >= 11 is 0. The maximum Gasteiger partial charge on any atom is 0.321 e. The summed E-state index contributed by atoms with van der Waals surface area (Å²) in [5.74, 6) is 0.964. The molecule has 3 rings (SSSR count). The third-order valence-corrected chi connectivity index (χ3v) is 5.23. The molecule has 1 fully saturated rings. The summed E-state index contributed by atoms with van der Waals surface area (Å²) in [6.45, 7) is 6.29. The minimum atomic E-state index is -0.483. The Balaban J connectivity index is 1.54. The fraction of sp³-hybridized carbons (Fsp3) is 0.550. The number of hydrogen-bond donors (Lipinski definition) is 2. The standard InChI is InChI=1S/C20H27N3O5/c1-3-21-20(26)22-19(25)13(2)23-8-6-14(7-9-23)18(24)15-4-5-16-17(12-15)28-11-10-27-16/h4-5,12-14H,3,6-11H2,1-2H3,(H2,21,22,25,26). The number of benzene rings is 1. The molecular formula is C20H27N3O5. The fourth-order valence-electron chi connectivity index (χ4n) is 3.57. The SMILES string of the molecule is CCNC(=O)NC(=O)C(C)N1CCC(C(=O)c2ccc3c(c2)OCCO3)CC1. The van der Waals surface area contributed by atoms with Gasteiger partial charge in [0.05, 0.1) is 6.04 Å². The van der Waals surface area contributed by atoms with Crippen molar-refractivity contribution >= 4 is 17.7 Å². The smallest absolute Gasteiger partial charge is 0.321 e. The van der Waals surface area contributed by atoms with Crippen molar-refractivity contribution in [1.29, 1.82) is 0 Å². The Morgan fingerprint density at radius 1 is 1.14 bits per heavy atom. The molecule has 1 saturated heterocycles. The molecule has 2 N–H and O–H groups in total. The van der Waals surface area contributed by atoms with Crippen LogP contribution in [0.3, 0.4) is 0 Å². The van der Waals surface area contributed by atoms with Gasteiger partial charge in [0, 0.05) is 18.0 Å². The molecule has 8 heteroatoms. The number of imide groups is 1. The van der Waals surface area contributed by atoms with E-state index in [0.717, 1.165) is 0 Å². The predicted molar refractivity (Wildman–Crippen MR) is 103 cm³/mol. The highest BCUT2D eigenvalue weighted by atomic mass is 16.6. The molecule has 152 valence electrons. The number of carbonyl (C=O) groups is 3. The molecule has 1 aromatic rings. The number of amides is 3. The molecule has 1 aromatic carbocycles. The maximum atomic E-state index is 12.9. The summed E-state index contributed by atoms with van der Waals surface area (Å²) in [6.07, 6.45) is 1.35. The van der Waals surface area contributed by atoms with E-state index >= 15 is 0 Å². The molecule has 0 aliphatic carbocycles. The zero-order valence-electron chi connectivity index (χ0n) is 16.3. The van der Waals surface area contributed by atoms with Crippen molar-refractivity contribution in [2.45, 2.75) is 32.7 Å². The van der Waals surface area contributed by atoms with E-state index in [9.17, 15) is 14.4 Å². The van der Waals surface area contributed by atoms with Gasteiger partial charge in [-0.05, 0) is 58.0 Å². The highest BCUT2D eigenvalue weighted by Crippen LogP contribution is 2.32. The van der Waals surface area contributed by atoms with Gasteiger partial charge in [-0.2, -0.15) is 0 Å². The summed E-state index contributed by atoms with van der Waals surface area (Å²) in [4.78, 5) is 38.6. The fourth-order valence-corrected chi connectivity index (χ4v) is 3.57. The molecule has 1 unspecified atom stereocenters. The number of nitrogens with zero attached hydrogens (tertiary/aromatic N) is 1. The molecular weight excluding hydrogens is 362 g/mol. The van der Waals surface area contributed by atoms with Crippen molar-refractivity contribution in [1.82, 2.24) is 15.5 Å². The Hall–Kier alpha value is -2.61. The Kier molecular flexibility index (Phi) is 6.51. The van der Waals surface area contributed by atoms with Gasteiger partial charge in [-0.25, -0.2) is 4.79 Å². The summed E-state index contributed by atoms with van der Waals surface area (Å²) in [5, 5.41) is 4.89. The average molecular weight is 389 g/mol. The van der Waals surface area contributed by atoms with Crippen molar-refractivity contribution in [2.75, 3.05) is 32.8 Å². The van der Waals surface area contributed by atoms with Gasteiger partial charge in [-0.15, -0.1) is 0 Å². The zero-order valence-corrected chi connectivity index (χ0v) is 16.3. The molecule has 1 atom stereocenters. The number of piperidine rings is 1. The highest BCUT2D eigenvalue weighted by molar-refractivity contribution is 5.99. The van der Waals surface area contributed by atoms with Gasteiger partial charge in [-0.1, -0.05) is 0 Å². The minimum Gasteiger partial charge on any atom is -0.486 e. The monoisotopic (exact) mass is 389 g/mol. The van der Waals surface area contributed by atoms with Crippen LogP contribution in [0.15, 0.2) is 18.2 Å². The first-order chi connectivity index (χ1) is 13.5. The van der Waals surface area contributed by atoms with Gasteiger partial charge in [0.2, 0.25) is 5.91 Å². The van der Waals surface area contributed by atoms with Crippen molar-refractivity contribution in [2.24, 2.45) is 5.92 Å². The second kappa shape index (κ2) is 9.05. The van der Waals surface area contributed by atoms with Crippen molar-refractivity contribution in [3.05, 3.63) is 23.8 Å². The lowest BCUT2D eigenvalue weighted by Crippen LogP contribution is -2.51. The van der Waals surface area contributed by atoms with Crippen LogP contribution < -0.4 is 20.1 Å². The van der Waals surface area contributed by atoms with Crippen LogP contribution in [0.4, 0.5) is 4.79 Å². The molecule has 0 radical (unpaired) electrons. The van der Waals surface area contributed by atoms with Crippen LogP contribution in [-0.4, -0.2) is 61.5 Å². The first kappa shape index (κ1) is 20.1. The van der Waals surface area contributed by atoms with Crippen molar-refractivity contribution in [3.63, 3.8) is 0 Å². The predicted octanol–water partition coefficient (Wildman–Crippen LogP) is 1.59. The maximum absolute atomic E-state index is 12.9. The normalized spacial score (nSPS) is 18.2. The Morgan fingerprint density at radius 3 is 2.50 bits per heavy atom. The third-order valence-electron chi connectivity index (χ3n) is 5.23. The number of carbonyl (C=O) groups excluding carboxylic acids is 3. The molecule has 0 bridgehead atoms. The van der Waals surface area contributed by atoms with E-state index in [0.29, 0.717) is 62.8 Å². The van der Waals surface area contributed by atoms with Crippen LogP contribution in [0.1, 0.15) is 37.0 Å². The lowest BCUT2D eigenvalue weighted by Gasteiger charge is -2.34. The average Bonchev–Trinajstić information content (AvgIpc) is 2.72.